The highest BCUT2D eigenvalue weighted by atomic mass is 16.3. The Morgan fingerprint density at radius 3 is 1.56 bits per heavy atom. The van der Waals surface area contributed by atoms with Crippen molar-refractivity contribution in [3.05, 3.63) is 85.3 Å². The molecule has 120 valence electrons. The molecule has 3 heteroatoms. The van der Waals surface area contributed by atoms with Crippen LogP contribution in [0.1, 0.15) is 0 Å². The molecule has 0 aliphatic carbocycles. The minimum absolute atomic E-state index is 0.906. The number of benzene rings is 3. The number of hydrogen-bond acceptors (Lipinski definition) is 2. The summed E-state index contributed by atoms with van der Waals surface area (Å²) >= 11 is 0. The van der Waals surface area contributed by atoms with E-state index in [-0.39, 0.29) is 0 Å². The summed E-state index contributed by atoms with van der Waals surface area (Å²) in [6.45, 7) is 0. The predicted octanol–water partition coefficient (Wildman–Crippen LogP) is 6.50. The molecule has 0 radical (unpaired) electrons. The van der Waals surface area contributed by atoms with Crippen molar-refractivity contribution in [3.8, 4) is 0 Å². The second-order valence-corrected chi connectivity index (χ2v) is 5.99. The Morgan fingerprint density at radius 1 is 0.560 bits per heavy atom. The summed E-state index contributed by atoms with van der Waals surface area (Å²) < 4.78 is 10.5. The van der Waals surface area contributed by atoms with E-state index in [0.717, 1.165) is 21.9 Å². The summed E-state index contributed by atoms with van der Waals surface area (Å²) in [6, 6.07) is 24.6. The van der Waals surface area contributed by atoms with Gasteiger partial charge in [0.15, 0.2) is 0 Å². The Hall–Kier alpha value is -3.46. The van der Waals surface area contributed by atoms with Crippen molar-refractivity contribution in [2.75, 3.05) is 0 Å². The van der Waals surface area contributed by atoms with Crippen LogP contribution in [0.5, 0.6) is 0 Å². The second-order valence-electron chi connectivity index (χ2n) is 5.99. The van der Waals surface area contributed by atoms with Crippen LogP contribution in [-0.2, 0) is 0 Å². The number of fused-ring (bicyclic) bond motifs is 5. The predicted molar refractivity (Wildman–Crippen MR) is 102 cm³/mol. The van der Waals surface area contributed by atoms with Crippen LogP contribution in [0.25, 0.3) is 43.7 Å². The fourth-order valence-electron chi connectivity index (χ4n) is 3.22. The molecule has 0 atom stereocenters. The first kappa shape index (κ1) is 13.9. The summed E-state index contributed by atoms with van der Waals surface area (Å²) in [5.74, 6) is 0. The molecule has 3 nitrogen and oxygen atoms in total. The third kappa shape index (κ3) is 2.37. The van der Waals surface area contributed by atoms with Crippen LogP contribution in [0.3, 0.4) is 0 Å². The van der Waals surface area contributed by atoms with Gasteiger partial charge in [0, 0.05) is 32.6 Å². The Labute approximate surface area is 143 Å². The topological polar surface area (TPSA) is 42.1 Å². The molecule has 0 amide bonds. The maximum absolute atomic E-state index is 5.25. The number of aromatic nitrogens is 1. The van der Waals surface area contributed by atoms with Gasteiger partial charge in [0.1, 0.15) is 11.2 Å². The smallest absolute Gasteiger partial charge is 0.134 e. The molecule has 0 aliphatic heterocycles. The zero-order valence-electron chi connectivity index (χ0n) is 13.4. The standard InChI is InChI=1S/C12H9N.C10H6O2/c1-3-7-11-9(5-1)10-6-2-4-8-12(10)13-11;1-3-11-9-6-8-2-4-12-10(8)5-7(1)9/h1-8,13H;1-6H. The monoisotopic (exact) mass is 325 g/mol. The minimum atomic E-state index is 0.906. The van der Waals surface area contributed by atoms with Crippen molar-refractivity contribution >= 4 is 43.7 Å². The lowest BCUT2D eigenvalue weighted by Gasteiger charge is -1.87. The highest BCUT2D eigenvalue weighted by molar-refractivity contribution is 6.06. The molecular weight excluding hydrogens is 310 g/mol. The number of aromatic amines is 1. The molecule has 1 N–H and O–H groups in total. The van der Waals surface area contributed by atoms with Gasteiger partial charge in [0.2, 0.25) is 0 Å². The minimum Gasteiger partial charge on any atom is -0.464 e. The van der Waals surface area contributed by atoms with E-state index in [1.165, 1.54) is 21.8 Å². The lowest BCUT2D eigenvalue weighted by molar-refractivity contribution is 0.612. The lowest BCUT2D eigenvalue weighted by Crippen LogP contribution is -1.63. The first-order valence-electron chi connectivity index (χ1n) is 8.18. The highest BCUT2D eigenvalue weighted by Crippen LogP contribution is 2.25. The van der Waals surface area contributed by atoms with E-state index in [0.29, 0.717) is 0 Å². The SMILES string of the molecule is c1cc2cc3occc3cc2o1.c1ccc2c(c1)[nH]c1ccccc12. The third-order valence-corrected chi connectivity index (χ3v) is 4.44. The zero-order chi connectivity index (χ0) is 16.6. The molecule has 0 saturated carbocycles. The van der Waals surface area contributed by atoms with E-state index < -0.39 is 0 Å². The van der Waals surface area contributed by atoms with E-state index >= 15 is 0 Å². The van der Waals surface area contributed by atoms with Crippen LogP contribution in [0.2, 0.25) is 0 Å². The fourth-order valence-corrected chi connectivity index (χ4v) is 3.22. The molecule has 0 saturated heterocycles. The molecule has 6 aromatic rings. The van der Waals surface area contributed by atoms with E-state index in [1.807, 2.05) is 24.3 Å². The van der Waals surface area contributed by atoms with E-state index in [1.54, 1.807) is 12.5 Å². The Balaban J connectivity index is 0.000000112. The van der Waals surface area contributed by atoms with Gasteiger partial charge in [-0.05, 0) is 36.4 Å². The van der Waals surface area contributed by atoms with Crippen LogP contribution in [-0.4, -0.2) is 4.98 Å². The van der Waals surface area contributed by atoms with Gasteiger partial charge >= 0.3 is 0 Å². The molecule has 0 aliphatic rings. The molecule has 0 fully saturated rings. The summed E-state index contributed by atoms with van der Waals surface area (Å²) in [5, 5.41) is 4.77. The lowest BCUT2D eigenvalue weighted by atomic mass is 10.2. The Kier molecular flexibility index (Phi) is 3.10. The molecule has 3 aromatic carbocycles. The second kappa shape index (κ2) is 5.56. The number of nitrogens with one attached hydrogen (secondary N) is 1. The quantitative estimate of drug-likeness (QED) is 0.346. The zero-order valence-corrected chi connectivity index (χ0v) is 13.4. The first-order chi connectivity index (χ1) is 12.4. The van der Waals surface area contributed by atoms with Crippen LogP contribution in [0, 0.1) is 0 Å². The summed E-state index contributed by atoms with van der Waals surface area (Å²) in [4.78, 5) is 3.38. The van der Waals surface area contributed by atoms with Crippen molar-refractivity contribution in [1.29, 1.82) is 0 Å². The van der Waals surface area contributed by atoms with Crippen molar-refractivity contribution < 1.29 is 8.83 Å². The van der Waals surface area contributed by atoms with Crippen LogP contribution in [0.15, 0.2) is 94.2 Å². The van der Waals surface area contributed by atoms with Crippen molar-refractivity contribution in [1.82, 2.24) is 4.98 Å². The third-order valence-electron chi connectivity index (χ3n) is 4.44. The molecule has 3 aromatic heterocycles. The molecular formula is C22H15NO2. The van der Waals surface area contributed by atoms with Gasteiger partial charge in [-0.3, -0.25) is 0 Å². The molecule has 3 heterocycles. The van der Waals surface area contributed by atoms with Gasteiger partial charge in [-0.1, -0.05) is 36.4 Å². The number of furan rings is 2. The van der Waals surface area contributed by atoms with Gasteiger partial charge in [-0.2, -0.15) is 0 Å². The van der Waals surface area contributed by atoms with E-state index in [2.05, 4.69) is 53.5 Å². The largest absolute Gasteiger partial charge is 0.464 e. The average Bonchev–Trinajstić information content (AvgIpc) is 3.37. The Morgan fingerprint density at radius 2 is 1.04 bits per heavy atom. The maximum atomic E-state index is 5.25. The van der Waals surface area contributed by atoms with Crippen LogP contribution >= 0.6 is 0 Å². The van der Waals surface area contributed by atoms with Crippen LogP contribution in [0.4, 0.5) is 0 Å². The molecule has 0 bridgehead atoms. The van der Waals surface area contributed by atoms with Crippen molar-refractivity contribution in [2.24, 2.45) is 0 Å². The summed E-state index contributed by atoms with van der Waals surface area (Å²) in [5.41, 5.74) is 4.24. The summed E-state index contributed by atoms with van der Waals surface area (Å²) in [6.07, 6.45) is 3.37. The number of H-pyrrole nitrogens is 1. The summed E-state index contributed by atoms with van der Waals surface area (Å²) in [7, 11) is 0. The van der Waals surface area contributed by atoms with Gasteiger partial charge in [-0.15, -0.1) is 0 Å². The first-order valence-corrected chi connectivity index (χ1v) is 8.18. The Bertz CT molecular complexity index is 1160. The van der Waals surface area contributed by atoms with Gasteiger partial charge in [-0.25, -0.2) is 0 Å². The number of hydrogen-bond donors (Lipinski definition) is 1. The van der Waals surface area contributed by atoms with Gasteiger partial charge < -0.3 is 13.8 Å². The molecule has 0 spiro atoms. The highest BCUT2D eigenvalue weighted by Gasteiger charge is 2.01. The average molecular weight is 325 g/mol. The van der Waals surface area contributed by atoms with E-state index in [4.69, 9.17) is 8.83 Å². The number of para-hydroxylation sites is 2. The molecule has 25 heavy (non-hydrogen) atoms. The van der Waals surface area contributed by atoms with Crippen LogP contribution < -0.4 is 0 Å². The molecule has 6 rings (SSSR count). The van der Waals surface area contributed by atoms with Crippen molar-refractivity contribution in [2.45, 2.75) is 0 Å². The fraction of sp³-hybridized carbons (Fsp3) is 0. The van der Waals surface area contributed by atoms with Gasteiger partial charge in [0.05, 0.1) is 12.5 Å². The van der Waals surface area contributed by atoms with Crippen molar-refractivity contribution in [3.63, 3.8) is 0 Å². The maximum Gasteiger partial charge on any atom is 0.134 e. The number of rotatable bonds is 0. The van der Waals surface area contributed by atoms with E-state index in [9.17, 15) is 0 Å². The van der Waals surface area contributed by atoms with Gasteiger partial charge in [0.25, 0.3) is 0 Å². The normalized spacial score (nSPS) is 11.2. The molecule has 0 unspecified atom stereocenters.